The van der Waals surface area contributed by atoms with Gasteiger partial charge in [0.05, 0.1) is 11.1 Å². The standard InChI is InChI=1S/C10H11ClFNO/c1-5-9(13-2)6-3-4-7(11)8(12)10(6)14-5/h3-5,9,13H,1-2H3. The molecule has 2 rings (SSSR count). The van der Waals surface area contributed by atoms with Gasteiger partial charge in [-0.1, -0.05) is 17.7 Å². The third-order valence-corrected chi connectivity index (χ3v) is 2.79. The molecule has 14 heavy (non-hydrogen) atoms. The maximum atomic E-state index is 13.5. The summed E-state index contributed by atoms with van der Waals surface area (Å²) in [5, 5.41) is 3.19. The Morgan fingerprint density at radius 3 is 2.86 bits per heavy atom. The molecule has 0 bridgehead atoms. The van der Waals surface area contributed by atoms with Crippen LogP contribution in [0.5, 0.6) is 5.75 Å². The number of nitrogens with one attached hydrogen (secondary N) is 1. The number of halogens is 2. The molecule has 76 valence electrons. The van der Waals surface area contributed by atoms with E-state index >= 15 is 0 Å². The molecule has 2 unspecified atom stereocenters. The summed E-state index contributed by atoms with van der Waals surface area (Å²) >= 11 is 5.66. The minimum absolute atomic E-state index is 0.0387. The van der Waals surface area contributed by atoms with Crippen molar-refractivity contribution in [3.63, 3.8) is 0 Å². The number of benzene rings is 1. The van der Waals surface area contributed by atoms with Crippen molar-refractivity contribution in [1.82, 2.24) is 5.32 Å². The first-order valence-corrected chi connectivity index (χ1v) is 4.84. The van der Waals surface area contributed by atoms with Crippen LogP contribution in [0, 0.1) is 5.82 Å². The van der Waals surface area contributed by atoms with Crippen molar-refractivity contribution >= 4 is 11.6 Å². The van der Waals surface area contributed by atoms with Gasteiger partial charge in [-0.3, -0.25) is 0 Å². The zero-order valence-electron chi connectivity index (χ0n) is 7.97. The molecule has 2 nitrogen and oxygen atoms in total. The minimum atomic E-state index is -0.464. The van der Waals surface area contributed by atoms with Gasteiger partial charge in [0.15, 0.2) is 11.6 Å². The normalized spacial score (nSPS) is 24.6. The predicted molar refractivity (Wildman–Crippen MR) is 53.3 cm³/mol. The SMILES string of the molecule is CNC1c2ccc(Cl)c(F)c2OC1C. The van der Waals surface area contributed by atoms with Crippen LogP contribution >= 0.6 is 11.6 Å². The first-order chi connectivity index (χ1) is 6.65. The van der Waals surface area contributed by atoms with Crippen LogP contribution in [-0.4, -0.2) is 13.2 Å². The molecule has 1 aromatic carbocycles. The average molecular weight is 216 g/mol. The molecule has 1 aliphatic heterocycles. The highest BCUT2D eigenvalue weighted by Gasteiger charge is 2.32. The van der Waals surface area contributed by atoms with Crippen LogP contribution in [-0.2, 0) is 0 Å². The Bertz CT molecular complexity index is 369. The van der Waals surface area contributed by atoms with Gasteiger partial charge in [0.25, 0.3) is 0 Å². The molecule has 0 amide bonds. The highest BCUT2D eigenvalue weighted by atomic mass is 35.5. The van der Waals surface area contributed by atoms with Gasteiger partial charge < -0.3 is 10.1 Å². The first-order valence-electron chi connectivity index (χ1n) is 4.47. The average Bonchev–Trinajstić information content (AvgIpc) is 2.49. The van der Waals surface area contributed by atoms with E-state index in [4.69, 9.17) is 16.3 Å². The van der Waals surface area contributed by atoms with Crippen LogP contribution in [0.3, 0.4) is 0 Å². The van der Waals surface area contributed by atoms with E-state index in [1.165, 1.54) is 0 Å². The maximum Gasteiger partial charge on any atom is 0.183 e. The lowest BCUT2D eigenvalue weighted by atomic mass is 10.0. The molecule has 4 heteroatoms. The van der Waals surface area contributed by atoms with Crippen LogP contribution < -0.4 is 10.1 Å². The van der Waals surface area contributed by atoms with Gasteiger partial charge in [0.2, 0.25) is 0 Å². The summed E-state index contributed by atoms with van der Waals surface area (Å²) in [5.41, 5.74) is 0.835. The number of likely N-dealkylation sites (N-methyl/N-ethyl adjacent to an activating group) is 1. The van der Waals surface area contributed by atoms with E-state index < -0.39 is 5.82 Å². The second-order valence-electron chi connectivity index (χ2n) is 3.37. The van der Waals surface area contributed by atoms with Crippen LogP contribution in [0.4, 0.5) is 4.39 Å². The van der Waals surface area contributed by atoms with Gasteiger partial charge in [0, 0.05) is 5.56 Å². The number of ether oxygens (including phenoxy) is 1. The fraction of sp³-hybridized carbons (Fsp3) is 0.400. The number of hydrogen-bond donors (Lipinski definition) is 1. The Kier molecular flexibility index (Phi) is 2.37. The van der Waals surface area contributed by atoms with Gasteiger partial charge in [-0.15, -0.1) is 0 Å². The Balaban J connectivity index is 2.52. The summed E-state index contributed by atoms with van der Waals surface area (Å²) in [5.74, 6) is -0.182. The van der Waals surface area contributed by atoms with E-state index in [1.807, 2.05) is 14.0 Å². The van der Waals surface area contributed by atoms with E-state index in [9.17, 15) is 4.39 Å². The maximum absolute atomic E-state index is 13.5. The Morgan fingerprint density at radius 2 is 2.21 bits per heavy atom. The fourth-order valence-corrected chi connectivity index (χ4v) is 1.96. The van der Waals surface area contributed by atoms with Gasteiger partial charge in [0.1, 0.15) is 6.10 Å². The Hall–Kier alpha value is -0.800. The minimum Gasteiger partial charge on any atom is -0.485 e. The molecule has 0 aliphatic carbocycles. The molecule has 1 aromatic rings. The smallest absolute Gasteiger partial charge is 0.183 e. The molecule has 0 aromatic heterocycles. The second kappa shape index (κ2) is 3.41. The van der Waals surface area contributed by atoms with E-state index in [2.05, 4.69) is 5.32 Å². The third-order valence-electron chi connectivity index (χ3n) is 2.50. The van der Waals surface area contributed by atoms with Crippen LogP contribution in [0.15, 0.2) is 12.1 Å². The van der Waals surface area contributed by atoms with Crippen molar-refractivity contribution in [3.05, 3.63) is 28.5 Å². The second-order valence-corrected chi connectivity index (χ2v) is 3.78. The zero-order chi connectivity index (χ0) is 10.3. The van der Waals surface area contributed by atoms with Crippen LogP contribution in [0.2, 0.25) is 5.02 Å². The predicted octanol–water partition coefficient (Wildman–Crippen LogP) is 2.52. The summed E-state index contributed by atoms with van der Waals surface area (Å²) in [6.45, 7) is 1.90. The van der Waals surface area contributed by atoms with Gasteiger partial charge >= 0.3 is 0 Å². The summed E-state index contributed by atoms with van der Waals surface area (Å²) in [7, 11) is 1.83. The van der Waals surface area contributed by atoms with Crippen molar-refractivity contribution in [2.75, 3.05) is 7.05 Å². The molecular weight excluding hydrogens is 205 g/mol. The molecule has 1 N–H and O–H groups in total. The van der Waals surface area contributed by atoms with Crippen molar-refractivity contribution in [1.29, 1.82) is 0 Å². The molecular formula is C10H11ClFNO. The summed E-state index contributed by atoms with van der Waals surface area (Å²) in [4.78, 5) is 0. The summed E-state index contributed by atoms with van der Waals surface area (Å²) in [6, 6.07) is 3.39. The van der Waals surface area contributed by atoms with Crippen molar-refractivity contribution in [2.24, 2.45) is 0 Å². The molecule has 1 heterocycles. The Labute approximate surface area is 87.0 Å². The van der Waals surface area contributed by atoms with Crippen molar-refractivity contribution in [2.45, 2.75) is 19.1 Å². The number of fused-ring (bicyclic) bond motifs is 1. The topological polar surface area (TPSA) is 21.3 Å². The van der Waals surface area contributed by atoms with E-state index in [1.54, 1.807) is 12.1 Å². The quantitative estimate of drug-likeness (QED) is 0.777. The fourth-order valence-electron chi connectivity index (χ4n) is 1.81. The largest absolute Gasteiger partial charge is 0.485 e. The highest BCUT2D eigenvalue weighted by molar-refractivity contribution is 6.30. The molecule has 0 saturated heterocycles. The van der Waals surface area contributed by atoms with Crippen molar-refractivity contribution < 1.29 is 9.13 Å². The summed E-state index contributed by atoms with van der Waals surface area (Å²) in [6.07, 6.45) is -0.0667. The molecule has 0 saturated carbocycles. The van der Waals surface area contributed by atoms with Gasteiger partial charge in [-0.2, -0.15) is 0 Å². The molecule has 2 atom stereocenters. The van der Waals surface area contributed by atoms with E-state index in [-0.39, 0.29) is 22.9 Å². The Morgan fingerprint density at radius 1 is 1.50 bits per heavy atom. The van der Waals surface area contributed by atoms with E-state index in [0.717, 1.165) is 5.56 Å². The van der Waals surface area contributed by atoms with Crippen LogP contribution in [0.1, 0.15) is 18.5 Å². The lowest BCUT2D eigenvalue weighted by molar-refractivity contribution is 0.208. The molecule has 1 aliphatic rings. The zero-order valence-corrected chi connectivity index (χ0v) is 8.73. The number of rotatable bonds is 1. The van der Waals surface area contributed by atoms with Gasteiger partial charge in [-0.25, -0.2) is 4.39 Å². The van der Waals surface area contributed by atoms with Crippen LogP contribution in [0.25, 0.3) is 0 Å². The van der Waals surface area contributed by atoms with E-state index in [0.29, 0.717) is 0 Å². The molecule has 0 fully saturated rings. The highest BCUT2D eigenvalue weighted by Crippen LogP contribution is 2.40. The number of hydrogen-bond acceptors (Lipinski definition) is 2. The first kappa shape index (κ1) is 9.74. The van der Waals surface area contributed by atoms with Gasteiger partial charge in [-0.05, 0) is 20.0 Å². The molecule has 0 spiro atoms. The summed E-state index contributed by atoms with van der Waals surface area (Å²) < 4.78 is 18.9. The third kappa shape index (κ3) is 1.28. The monoisotopic (exact) mass is 215 g/mol. The van der Waals surface area contributed by atoms with Crippen molar-refractivity contribution in [3.8, 4) is 5.75 Å². The molecule has 0 radical (unpaired) electrons. The lowest BCUT2D eigenvalue weighted by Gasteiger charge is -2.12. The lowest BCUT2D eigenvalue weighted by Crippen LogP contribution is -2.25.